The molecule has 20 heavy (non-hydrogen) atoms. The SMILES string of the molecule is CCOc1ccccc1NC(=O)/C=C/c1ccc(C)o1. The molecule has 1 aromatic heterocycles. The first kappa shape index (κ1) is 13.9. The number of hydrogen-bond acceptors (Lipinski definition) is 3. The van der Waals surface area contributed by atoms with Crippen molar-refractivity contribution in [2.24, 2.45) is 0 Å². The first-order valence-electron chi connectivity index (χ1n) is 6.46. The van der Waals surface area contributed by atoms with Crippen molar-refractivity contribution in [3.63, 3.8) is 0 Å². The molecule has 104 valence electrons. The molecule has 0 radical (unpaired) electrons. The predicted molar refractivity (Wildman–Crippen MR) is 78.7 cm³/mol. The zero-order valence-electron chi connectivity index (χ0n) is 11.6. The second-order valence-corrected chi connectivity index (χ2v) is 4.20. The lowest BCUT2D eigenvalue weighted by molar-refractivity contribution is -0.111. The molecule has 0 fully saturated rings. The van der Waals surface area contributed by atoms with Gasteiger partial charge >= 0.3 is 0 Å². The number of hydrogen-bond donors (Lipinski definition) is 1. The second kappa shape index (κ2) is 6.61. The van der Waals surface area contributed by atoms with E-state index in [9.17, 15) is 4.79 Å². The van der Waals surface area contributed by atoms with Crippen molar-refractivity contribution in [1.29, 1.82) is 0 Å². The van der Waals surface area contributed by atoms with Crippen LogP contribution in [0, 0.1) is 6.92 Å². The Morgan fingerprint density at radius 2 is 2.10 bits per heavy atom. The van der Waals surface area contributed by atoms with Crippen molar-refractivity contribution in [1.82, 2.24) is 0 Å². The average molecular weight is 271 g/mol. The van der Waals surface area contributed by atoms with Crippen LogP contribution in [0.15, 0.2) is 46.9 Å². The van der Waals surface area contributed by atoms with Gasteiger partial charge in [0.1, 0.15) is 17.3 Å². The quantitative estimate of drug-likeness (QED) is 0.845. The van der Waals surface area contributed by atoms with Gasteiger partial charge in [0.05, 0.1) is 12.3 Å². The standard InChI is InChI=1S/C16H17NO3/c1-3-19-15-7-5-4-6-14(15)17-16(18)11-10-13-9-8-12(2)20-13/h4-11H,3H2,1-2H3,(H,17,18)/b11-10+. The van der Waals surface area contributed by atoms with E-state index >= 15 is 0 Å². The molecular formula is C16H17NO3. The third kappa shape index (κ3) is 3.75. The van der Waals surface area contributed by atoms with Crippen molar-refractivity contribution < 1.29 is 13.9 Å². The summed E-state index contributed by atoms with van der Waals surface area (Å²) < 4.78 is 10.8. The van der Waals surface area contributed by atoms with Crippen LogP contribution in [0.2, 0.25) is 0 Å². The highest BCUT2D eigenvalue weighted by Crippen LogP contribution is 2.23. The molecule has 4 nitrogen and oxygen atoms in total. The van der Waals surface area contributed by atoms with E-state index in [4.69, 9.17) is 9.15 Å². The Balaban J connectivity index is 2.03. The van der Waals surface area contributed by atoms with Gasteiger partial charge in [-0.15, -0.1) is 0 Å². The van der Waals surface area contributed by atoms with E-state index in [1.807, 2.05) is 44.2 Å². The number of aryl methyl sites for hydroxylation is 1. The highest BCUT2D eigenvalue weighted by atomic mass is 16.5. The molecule has 0 unspecified atom stereocenters. The lowest BCUT2D eigenvalue weighted by atomic mass is 10.3. The van der Waals surface area contributed by atoms with Gasteiger partial charge in [-0.3, -0.25) is 4.79 Å². The van der Waals surface area contributed by atoms with Crippen molar-refractivity contribution in [3.05, 3.63) is 54.0 Å². The first-order valence-corrected chi connectivity index (χ1v) is 6.46. The van der Waals surface area contributed by atoms with Crippen LogP contribution in [0.5, 0.6) is 5.75 Å². The van der Waals surface area contributed by atoms with E-state index in [1.54, 1.807) is 12.1 Å². The van der Waals surface area contributed by atoms with Crippen LogP contribution in [0.4, 0.5) is 5.69 Å². The lowest BCUT2D eigenvalue weighted by Crippen LogP contribution is -2.09. The number of carbonyl (C=O) groups is 1. The summed E-state index contributed by atoms with van der Waals surface area (Å²) in [6.07, 6.45) is 3.06. The van der Waals surface area contributed by atoms with Crippen LogP contribution in [-0.4, -0.2) is 12.5 Å². The van der Waals surface area contributed by atoms with Crippen LogP contribution in [0.1, 0.15) is 18.4 Å². The summed E-state index contributed by atoms with van der Waals surface area (Å²) in [6.45, 7) is 4.31. The van der Waals surface area contributed by atoms with Crippen LogP contribution in [-0.2, 0) is 4.79 Å². The molecule has 2 aromatic rings. The third-order valence-corrected chi connectivity index (χ3v) is 2.60. The van der Waals surface area contributed by atoms with E-state index in [2.05, 4.69) is 5.32 Å². The van der Waals surface area contributed by atoms with Crippen molar-refractivity contribution in [3.8, 4) is 5.75 Å². The molecule has 2 rings (SSSR count). The van der Waals surface area contributed by atoms with Crippen molar-refractivity contribution in [2.75, 3.05) is 11.9 Å². The smallest absolute Gasteiger partial charge is 0.248 e. The molecule has 1 amide bonds. The Kier molecular flexibility index (Phi) is 4.60. The molecule has 0 saturated carbocycles. The number of nitrogens with one attached hydrogen (secondary N) is 1. The summed E-state index contributed by atoms with van der Waals surface area (Å²) in [5.74, 6) is 1.89. The minimum absolute atomic E-state index is 0.230. The van der Waals surface area contributed by atoms with E-state index in [0.29, 0.717) is 23.8 Å². The molecule has 0 aliphatic rings. The van der Waals surface area contributed by atoms with Gasteiger partial charge in [0.2, 0.25) is 5.91 Å². The van der Waals surface area contributed by atoms with Gasteiger partial charge < -0.3 is 14.5 Å². The van der Waals surface area contributed by atoms with Crippen molar-refractivity contribution >= 4 is 17.7 Å². The molecule has 1 heterocycles. The Morgan fingerprint density at radius 3 is 2.80 bits per heavy atom. The molecule has 0 aliphatic heterocycles. The van der Waals surface area contributed by atoms with Crippen LogP contribution >= 0.6 is 0 Å². The van der Waals surface area contributed by atoms with Gasteiger partial charge in [0, 0.05) is 6.08 Å². The van der Waals surface area contributed by atoms with Gasteiger partial charge in [0.25, 0.3) is 0 Å². The normalized spacial score (nSPS) is 10.7. The van der Waals surface area contributed by atoms with Crippen LogP contribution < -0.4 is 10.1 Å². The molecule has 0 spiro atoms. The maximum atomic E-state index is 11.9. The Bertz CT molecular complexity index is 614. The monoisotopic (exact) mass is 271 g/mol. The summed E-state index contributed by atoms with van der Waals surface area (Å²) in [5.41, 5.74) is 0.652. The third-order valence-electron chi connectivity index (χ3n) is 2.60. The van der Waals surface area contributed by atoms with E-state index in [0.717, 1.165) is 5.76 Å². The highest BCUT2D eigenvalue weighted by molar-refractivity contribution is 6.02. The van der Waals surface area contributed by atoms with Gasteiger partial charge in [0.15, 0.2) is 0 Å². The van der Waals surface area contributed by atoms with Gasteiger partial charge in [-0.2, -0.15) is 0 Å². The summed E-state index contributed by atoms with van der Waals surface area (Å²) in [6, 6.07) is 11.0. The molecular weight excluding hydrogens is 254 g/mol. The number of furan rings is 1. The number of carbonyl (C=O) groups excluding carboxylic acids is 1. The van der Waals surface area contributed by atoms with Crippen molar-refractivity contribution in [2.45, 2.75) is 13.8 Å². The number of amides is 1. The fraction of sp³-hybridized carbons (Fsp3) is 0.188. The lowest BCUT2D eigenvalue weighted by Gasteiger charge is -2.09. The Morgan fingerprint density at radius 1 is 1.30 bits per heavy atom. The summed E-state index contributed by atoms with van der Waals surface area (Å²) in [5, 5.41) is 2.78. The molecule has 0 saturated heterocycles. The van der Waals surface area contributed by atoms with Crippen LogP contribution in [0.3, 0.4) is 0 Å². The minimum Gasteiger partial charge on any atom is -0.492 e. The Labute approximate surface area is 118 Å². The highest BCUT2D eigenvalue weighted by Gasteiger charge is 2.04. The number of ether oxygens (including phenoxy) is 1. The second-order valence-electron chi connectivity index (χ2n) is 4.20. The molecule has 0 atom stereocenters. The van der Waals surface area contributed by atoms with Crippen LogP contribution in [0.25, 0.3) is 6.08 Å². The number of para-hydroxylation sites is 2. The number of rotatable bonds is 5. The largest absolute Gasteiger partial charge is 0.492 e. The summed E-state index contributed by atoms with van der Waals surface area (Å²) in [7, 11) is 0. The maximum Gasteiger partial charge on any atom is 0.248 e. The van der Waals surface area contributed by atoms with E-state index in [-0.39, 0.29) is 5.91 Å². The zero-order chi connectivity index (χ0) is 14.4. The topological polar surface area (TPSA) is 51.5 Å². The predicted octanol–water partition coefficient (Wildman–Crippen LogP) is 3.64. The summed E-state index contributed by atoms with van der Waals surface area (Å²) >= 11 is 0. The molecule has 1 aromatic carbocycles. The average Bonchev–Trinajstić information content (AvgIpc) is 2.85. The fourth-order valence-electron chi connectivity index (χ4n) is 1.73. The maximum absolute atomic E-state index is 11.9. The summed E-state index contributed by atoms with van der Waals surface area (Å²) in [4.78, 5) is 11.9. The Hall–Kier alpha value is -2.49. The minimum atomic E-state index is -0.230. The first-order chi connectivity index (χ1) is 9.69. The fourth-order valence-corrected chi connectivity index (χ4v) is 1.73. The number of anilines is 1. The van der Waals surface area contributed by atoms with Gasteiger partial charge in [-0.05, 0) is 44.2 Å². The molecule has 0 aliphatic carbocycles. The molecule has 0 bridgehead atoms. The molecule has 1 N–H and O–H groups in total. The zero-order valence-corrected chi connectivity index (χ0v) is 11.6. The van der Waals surface area contributed by atoms with Gasteiger partial charge in [-0.25, -0.2) is 0 Å². The van der Waals surface area contributed by atoms with E-state index in [1.165, 1.54) is 6.08 Å². The van der Waals surface area contributed by atoms with Gasteiger partial charge in [-0.1, -0.05) is 12.1 Å². The van der Waals surface area contributed by atoms with E-state index < -0.39 is 0 Å². The number of benzene rings is 1. The molecule has 4 heteroatoms.